The maximum Gasteiger partial charge on any atom is 0.336 e. The van der Waals surface area contributed by atoms with Crippen molar-refractivity contribution in [3.63, 3.8) is 0 Å². The third-order valence-corrected chi connectivity index (χ3v) is 4.93. The number of carbonyl (C=O) groups excluding carboxylic acids is 1. The second-order valence-corrected chi connectivity index (χ2v) is 8.00. The highest BCUT2D eigenvalue weighted by Gasteiger charge is 2.08. The smallest absolute Gasteiger partial charge is 0.336 e. The molecule has 1 aromatic carbocycles. The van der Waals surface area contributed by atoms with Gasteiger partial charge in [-0.1, -0.05) is 118 Å². The van der Waals surface area contributed by atoms with Gasteiger partial charge < -0.3 is 4.74 Å². The standard InChI is InChI=1S/C29H40O2/c1-5-6-7-8-9-10-11-12-13-14-15-16-17-18-19-20-21-22-28(30)31-29-26(3)23-25(2)24-27(29)4/h13-24H,5-12H2,1-4H3. The minimum absolute atomic E-state index is 0.366. The van der Waals surface area contributed by atoms with Crippen LogP contribution < -0.4 is 4.74 Å². The predicted octanol–water partition coefficient (Wildman–Crippen LogP) is 8.44. The number of benzene rings is 1. The van der Waals surface area contributed by atoms with E-state index in [1.54, 1.807) is 6.08 Å². The lowest BCUT2D eigenvalue weighted by molar-refractivity contribution is -0.129. The van der Waals surface area contributed by atoms with E-state index in [1.165, 1.54) is 51.0 Å². The van der Waals surface area contributed by atoms with Gasteiger partial charge in [0, 0.05) is 6.08 Å². The zero-order chi connectivity index (χ0) is 22.7. The van der Waals surface area contributed by atoms with Gasteiger partial charge in [0.15, 0.2) is 0 Å². The fourth-order valence-corrected chi connectivity index (χ4v) is 3.38. The lowest BCUT2D eigenvalue weighted by Crippen LogP contribution is -2.06. The molecule has 0 fully saturated rings. The fraction of sp³-hybridized carbons (Fsp3) is 0.414. The third-order valence-electron chi connectivity index (χ3n) is 4.93. The lowest BCUT2D eigenvalue weighted by atomic mass is 10.1. The summed E-state index contributed by atoms with van der Waals surface area (Å²) in [5.41, 5.74) is 3.11. The van der Waals surface area contributed by atoms with Crippen molar-refractivity contribution in [3.05, 3.63) is 89.6 Å². The highest BCUT2D eigenvalue weighted by molar-refractivity contribution is 5.84. The summed E-state index contributed by atoms with van der Waals surface area (Å²) in [4.78, 5) is 12.0. The van der Waals surface area contributed by atoms with Crippen molar-refractivity contribution in [3.8, 4) is 5.75 Å². The first-order valence-corrected chi connectivity index (χ1v) is 11.7. The number of allylic oxidation sites excluding steroid dienone is 9. The molecule has 0 aliphatic rings. The van der Waals surface area contributed by atoms with Crippen molar-refractivity contribution in [1.82, 2.24) is 0 Å². The van der Waals surface area contributed by atoms with Gasteiger partial charge in [0.2, 0.25) is 0 Å². The average molecular weight is 421 g/mol. The van der Waals surface area contributed by atoms with E-state index >= 15 is 0 Å². The van der Waals surface area contributed by atoms with Crippen LogP contribution in [0.2, 0.25) is 0 Å². The number of esters is 1. The van der Waals surface area contributed by atoms with Crippen LogP contribution in [-0.4, -0.2) is 5.97 Å². The molecule has 0 N–H and O–H groups in total. The number of hydrogen-bond acceptors (Lipinski definition) is 2. The summed E-state index contributed by atoms with van der Waals surface area (Å²) in [5.74, 6) is 0.281. The van der Waals surface area contributed by atoms with Crippen LogP contribution in [0.15, 0.2) is 72.9 Å². The zero-order valence-corrected chi connectivity index (χ0v) is 19.9. The highest BCUT2D eigenvalue weighted by atomic mass is 16.5. The van der Waals surface area contributed by atoms with Crippen molar-refractivity contribution in [1.29, 1.82) is 0 Å². The molecule has 0 aromatic heterocycles. The van der Waals surface area contributed by atoms with Crippen molar-refractivity contribution in [2.24, 2.45) is 0 Å². The van der Waals surface area contributed by atoms with E-state index in [9.17, 15) is 4.79 Å². The molecular weight excluding hydrogens is 380 g/mol. The number of hydrogen-bond donors (Lipinski definition) is 0. The monoisotopic (exact) mass is 420 g/mol. The molecule has 0 saturated carbocycles. The minimum atomic E-state index is -0.366. The van der Waals surface area contributed by atoms with Crippen LogP contribution in [0.4, 0.5) is 0 Å². The Balaban J connectivity index is 2.20. The number of unbranched alkanes of at least 4 members (excludes halogenated alkanes) is 7. The second-order valence-electron chi connectivity index (χ2n) is 8.00. The lowest BCUT2D eigenvalue weighted by Gasteiger charge is -2.10. The highest BCUT2D eigenvalue weighted by Crippen LogP contribution is 2.24. The fourth-order valence-electron chi connectivity index (χ4n) is 3.38. The normalized spacial score (nSPS) is 12.4. The molecule has 0 atom stereocenters. The molecule has 0 heterocycles. The molecule has 168 valence electrons. The summed E-state index contributed by atoms with van der Waals surface area (Å²) in [6.45, 7) is 8.20. The number of ether oxygens (including phenoxy) is 1. The molecule has 1 rings (SSSR count). The topological polar surface area (TPSA) is 26.3 Å². The van der Waals surface area contributed by atoms with Crippen molar-refractivity contribution < 1.29 is 9.53 Å². The number of carbonyl (C=O) groups is 1. The molecule has 0 spiro atoms. The molecule has 0 unspecified atom stereocenters. The summed E-state index contributed by atoms with van der Waals surface area (Å²) in [5, 5.41) is 0. The summed E-state index contributed by atoms with van der Waals surface area (Å²) in [7, 11) is 0. The molecule has 0 aliphatic heterocycles. The van der Waals surface area contributed by atoms with Gasteiger partial charge in [-0.15, -0.1) is 0 Å². The van der Waals surface area contributed by atoms with Gasteiger partial charge in [0.05, 0.1) is 0 Å². The Kier molecular flexibility index (Phi) is 14.6. The van der Waals surface area contributed by atoms with Gasteiger partial charge in [-0.3, -0.25) is 0 Å². The van der Waals surface area contributed by atoms with E-state index in [0.29, 0.717) is 5.75 Å². The van der Waals surface area contributed by atoms with Gasteiger partial charge in [0.1, 0.15) is 5.75 Å². The van der Waals surface area contributed by atoms with E-state index in [4.69, 9.17) is 4.74 Å². The van der Waals surface area contributed by atoms with Crippen LogP contribution >= 0.6 is 0 Å². The molecule has 0 bridgehead atoms. The Morgan fingerprint density at radius 3 is 1.87 bits per heavy atom. The molecule has 0 aliphatic carbocycles. The first-order valence-electron chi connectivity index (χ1n) is 11.7. The molecule has 2 nitrogen and oxygen atoms in total. The van der Waals surface area contributed by atoms with E-state index in [-0.39, 0.29) is 5.97 Å². The first-order chi connectivity index (χ1) is 15.0. The molecule has 0 saturated heterocycles. The van der Waals surface area contributed by atoms with E-state index < -0.39 is 0 Å². The van der Waals surface area contributed by atoms with Gasteiger partial charge >= 0.3 is 5.97 Å². The Morgan fingerprint density at radius 1 is 0.742 bits per heavy atom. The van der Waals surface area contributed by atoms with Crippen LogP contribution in [0.1, 0.15) is 75.0 Å². The molecule has 0 amide bonds. The van der Waals surface area contributed by atoms with Gasteiger partial charge in [-0.05, 0) is 44.7 Å². The quantitative estimate of drug-likeness (QED) is 0.0992. The van der Waals surface area contributed by atoms with Gasteiger partial charge in [0.25, 0.3) is 0 Å². The second kappa shape index (κ2) is 17.1. The van der Waals surface area contributed by atoms with Gasteiger partial charge in [-0.25, -0.2) is 4.79 Å². The summed E-state index contributed by atoms with van der Waals surface area (Å²) in [6.07, 6.45) is 29.8. The number of aryl methyl sites for hydroxylation is 3. The summed E-state index contributed by atoms with van der Waals surface area (Å²) < 4.78 is 5.46. The van der Waals surface area contributed by atoms with Crippen LogP contribution in [0.25, 0.3) is 0 Å². The predicted molar refractivity (Wildman–Crippen MR) is 135 cm³/mol. The Labute approximate surface area is 190 Å². The molecule has 1 aromatic rings. The zero-order valence-electron chi connectivity index (χ0n) is 19.9. The van der Waals surface area contributed by atoms with Crippen molar-refractivity contribution >= 4 is 5.97 Å². The Hall–Kier alpha value is -2.61. The molecular formula is C29H40O2. The third kappa shape index (κ3) is 13.3. The molecule has 2 heteroatoms. The Morgan fingerprint density at radius 2 is 1.26 bits per heavy atom. The SMILES string of the molecule is CCCCCCCCCC=CC=CC=CC=CC=CC(=O)Oc1c(C)cc(C)cc1C. The van der Waals surface area contributed by atoms with Crippen molar-refractivity contribution in [2.75, 3.05) is 0 Å². The Bertz CT molecular complexity index is 768. The van der Waals surface area contributed by atoms with E-state index in [1.807, 2.05) is 69.4 Å². The average Bonchev–Trinajstić information content (AvgIpc) is 2.73. The van der Waals surface area contributed by atoms with Crippen LogP contribution in [0.3, 0.4) is 0 Å². The maximum atomic E-state index is 12.0. The first kappa shape index (κ1) is 26.4. The largest absolute Gasteiger partial charge is 0.423 e. The number of rotatable bonds is 14. The van der Waals surface area contributed by atoms with Crippen LogP contribution in [-0.2, 0) is 4.79 Å². The molecule has 31 heavy (non-hydrogen) atoms. The van der Waals surface area contributed by atoms with Gasteiger partial charge in [-0.2, -0.15) is 0 Å². The van der Waals surface area contributed by atoms with Crippen LogP contribution in [0, 0.1) is 20.8 Å². The minimum Gasteiger partial charge on any atom is -0.423 e. The summed E-state index contributed by atoms with van der Waals surface area (Å²) >= 11 is 0. The maximum absolute atomic E-state index is 12.0. The van der Waals surface area contributed by atoms with E-state index in [2.05, 4.69) is 19.1 Å². The van der Waals surface area contributed by atoms with Crippen LogP contribution in [0.5, 0.6) is 5.75 Å². The van der Waals surface area contributed by atoms with E-state index in [0.717, 1.165) is 23.1 Å². The summed E-state index contributed by atoms with van der Waals surface area (Å²) in [6, 6.07) is 4.03. The molecule has 0 radical (unpaired) electrons. The van der Waals surface area contributed by atoms with Crippen molar-refractivity contribution in [2.45, 2.75) is 79.1 Å².